The maximum atomic E-state index is 12.6. The van der Waals surface area contributed by atoms with Crippen LogP contribution in [0.3, 0.4) is 0 Å². The average Bonchev–Trinajstić information content (AvgIpc) is 3.48. The van der Waals surface area contributed by atoms with Crippen LogP contribution in [0, 0.1) is 19.8 Å². The van der Waals surface area contributed by atoms with Crippen molar-refractivity contribution in [1.82, 2.24) is 19.1 Å². The summed E-state index contributed by atoms with van der Waals surface area (Å²) in [4.78, 5) is 35.8. The van der Waals surface area contributed by atoms with E-state index in [0.717, 1.165) is 50.0 Å². The Kier molecular flexibility index (Phi) is 4.38. The maximum Gasteiger partial charge on any atom is 0.293 e. The molecule has 2 aromatic heterocycles. The van der Waals surface area contributed by atoms with Gasteiger partial charge in [0.05, 0.1) is 6.33 Å². The van der Waals surface area contributed by atoms with Gasteiger partial charge in [0.15, 0.2) is 5.82 Å². The molecule has 1 aliphatic heterocycles. The van der Waals surface area contributed by atoms with E-state index < -0.39 is 0 Å². The average molecular weight is 355 g/mol. The van der Waals surface area contributed by atoms with E-state index in [1.165, 1.54) is 0 Å². The van der Waals surface area contributed by atoms with E-state index in [2.05, 4.69) is 14.9 Å². The first-order valence-electron chi connectivity index (χ1n) is 9.39. The predicted octanol–water partition coefficient (Wildman–Crippen LogP) is 1.67. The number of aryl methyl sites for hydroxylation is 1. The normalized spacial score (nSPS) is 18.3. The molecule has 0 N–H and O–H groups in total. The minimum Gasteiger partial charge on any atom is -0.352 e. The molecule has 0 amide bonds. The Balaban J connectivity index is 1.44. The Bertz CT molecular complexity index is 920. The second kappa shape index (κ2) is 6.70. The van der Waals surface area contributed by atoms with Gasteiger partial charge in [0, 0.05) is 49.3 Å². The summed E-state index contributed by atoms with van der Waals surface area (Å²) in [6.45, 7) is 5.98. The van der Waals surface area contributed by atoms with Crippen LogP contribution in [0.2, 0.25) is 0 Å². The third-order valence-electron chi connectivity index (χ3n) is 5.67. The second-order valence-corrected chi connectivity index (χ2v) is 7.54. The van der Waals surface area contributed by atoms with Crippen molar-refractivity contribution in [3.05, 3.63) is 50.7 Å². The smallest absolute Gasteiger partial charge is 0.293 e. The van der Waals surface area contributed by atoms with E-state index in [4.69, 9.17) is 0 Å². The fourth-order valence-electron chi connectivity index (χ4n) is 3.68. The number of hydrogen-bond donors (Lipinski definition) is 0. The van der Waals surface area contributed by atoms with E-state index in [0.29, 0.717) is 24.3 Å². The van der Waals surface area contributed by atoms with Crippen LogP contribution in [0.15, 0.2) is 28.3 Å². The highest BCUT2D eigenvalue weighted by molar-refractivity contribution is 5.36. The number of rotatable bonds is 4. The van der Waals surface area contributed by atoms with Gasteiger partial charge in [0.25, 0.3) is 11.1 Å². The molecule has 1 aliphatic carbocycles. The first kappa shape index (κ1) is 17.0. The van der Waals surface area contributed by atoms with Crippen molar-refractivity contribution in [1.29, 1.82) is 0 Å². The summed E-state index contributed by atoms with van der Waals surface area (Å²) < 4.78 is 3.55. The van der Waals surface area contributed by atoms with Crippen LogP contribution in [-0.2, 0) is 6.54 Å². The summed E-state index contributed by atoms with van der Waals surface area (Å²) in [6.07, 6.45) is 9.26. The molecule has 4 rings (SSSR count). The first-order chi connectivity index (χ1) is 12.5. The summed E-state index contributed by atoms with van der Waals surface area (Å²) in [6, 6.07) is 0.367. The number of aromatic nitrogens is 4. The topological polar surface area (TPSA) is 73.0 Å². The molecule has 2 fully saturated rings. The zero-order valence-corrected chi connectivity index (χ0v) is 15.4. The van der Waals surface area contributed by atoms with Crippen LogP contribution < -0.4 is 16.0 Å². The Labute approximate surface area is 152 Å². The van der Waals surface area contributed by atoms with Crippen LogP contribution in [0.25, 0.3) is 0 Å². The van der Waals surface area contributed by atoms with Crippen molar-refractivity contribution in [3.63, 3.8) is 0 Å². The molecule has 0 bridgehead atoms. The zero-order valence-electron chi connectivity index (χ0n) is 15.4. The highest BCUT2D eigenvalue weighted by Crippen LogP contribution is 2.33. The van der Waals surface area contributed by atoms with Gasteiger partial charge in [0.2, 0.25) is 0 Å². The van der Waals surface area contributed by atoms with E-state index in [1.807, 2.05) is 18.4 Å². The predicted molar refractivity (Wildman–Crippen MR) is 99.7 cm³/mol. The Hall–Kier alpha value is -2.44. The minimum atomic E-state index is 0.0306. The molecule has 0 radical (unpaired) electrons. The molecule has 1 saturated heterocycles. The van der Waals surface area contributed by atoms with Crippen LogP contribution in [0.4, 0.5) is 5.82 Å². The lowest BCUT2D eigenvalue weighted by molar-refractivity contribution is 0.349. The van der Waals surface area contributed by atoms with E-state index in [-0.39, 0.29) is 11.1 Å². The van der Waals surface area contributed by atoms with Gasteiger partial charge in [-0.1, -0.05) is 0 Å². The number of nitrogens with zero attached hydrogens (tertiary/aromatic N) is 5. The second-order valence-electron chi connectivity index (χ2n) is 7.54. The molecule has 7 heteroatoms. The number of anilines is 1. The number of piperidine rings is 1. The summed E-state index contributed by atoms with van der Waals surface area (Å²) in [5, 5.41) is 0. The minimum absolute atomic E-state index is 0.0306. The fourth-order valence-corrected chi connectivity index (χ4v) is 3.68. The van der Waals surface area contributed by atoms with Crippen LogP contribution in [0.1, 0.15) is 43.0 Å². The lowest BCUT2D eigenvalue weighted by Gasteiger charge is -2.32. The zero-order chi connectivity index (χ0) is 18.3. The summed E-state index contributed by atoms with van der Waals surface area (Å²) in [7, 11) is 0. The molecule has 3 heterocycles. The van der Waals surface area contributed by atoms with Crippen molar-refractivity contribution in [2.45, 2.75) is 52.1 Å². The van der Waals surface area contributed by atoms with Crippen LogP contribution >= 0.6 is 0 Å². The molecule has 0 atom stereocenters. The van der Waals surface area contributed by atoms with Crippen LogP contribution in [0.5, 0.6) is 0 Å². The number of hydrogen-bond acceptors (Lipinski definition) is 5. The Morgan fingerprint density at radius 1 is 1.04 bits per heavy atom. The molecular formula is C19H25N5O2. The van der Waals surface area contributed by atoms with Gasteiger partial charge in [-0.25, -0.2) is 9.97 Å². The standard InChI is InChI=1S/C19H25N5O2/c1-13-14(2)21-12-23(18(13)25)11-15-5-8-22(9-6-15)17-19(26)24(10-7-20-17)16-3-4-16/h7,10,12,15-16H,3-6,8-9,11H2,1-2H3. The summed E-state index contributed by atoms with van der Waals surface area (Å²) in [5.74, 6) is 0.991. The molecule has 138 valence electrons. The molecule has 7 nitrogen and oxygen atoms in total. The van der Waals surface area contributed by atoms with E-state index in [9.17, 15) is 9.59 Å². The molecular weight excluding hydrogens is 330 g/mol. The van der Waals surface area contributed by atoms with Gasteiger partial charge in [-0.2, -0.15) is 0 Å². The van der Waals surface area contributed by atoms with Gasteiger partial charge >= 0.3 is 0 Å². The quantitative estimate of drug-likeness (QED) is 0.834. The molecule has 2 aliphatic rings. The van der Waals surface area contributed by atoms with E-state index >= 15 is 0 Å². The maximum absolute atomic E-state index is 12.6. The molecule has 0 unspecified atom stereocenters. The molecule has 0 aromatic carbocycles. The molecule has 1 saturated carbocycles. The van der Waals surface area contributed by atoms with Crippen molar-refractivity contribution < 1.29 is 0 Å². The monoisotopic (exact) mass is 355 g/mol. The van der Waals surface area contributed by atoms with E-state index in [1.54, 1.807) is 23.3 Å². The fraction of sp³-hybridized carbons (Fsp3) is 0.579. The lowest BCUT2D eigenvalue weighted by Crippen LogP contribution is -2.40. The van der Waals surface area contributed by atoms with Crippen LogP contribution in [-0.4, -0.2) is 32.2 Å². The highest BCUT2D eigenvalue weighted by atomic mass is 16.1. The van der Waals surface area contributed by atoms with Crippen molar-refractivity contribution in [3.8, 4) is 0 Å². The van der Waals surface area contributed by atoms with Gasteiger partial charge < -0.3 is 9.47 Å². The first-order valence-corrected chi connectivity index (χ1v) is 9.39. The Morgan fingerprint density at radius 2 is 1.77 bits per heavy atom. The highest BCUT2D eigenvalue weighted by Gasteiger charge is 2.28. The molecule has 2 aromatic rings. The molecule has 26 heavy (non-hydrogen) atoms. The van der Waals surface area contributed by atoms with Gasteiger partial charge in [-0.15, -0.1) is 0 Å². The van der Waals surface area contributed by atoms with Gasteiger partial charge in [-0.3, -0.25) is 14.2 Å². The third kappa shape index (κ3) is 3.18. The third-order valence-corrected chi connectivity index (χ3v) is 5.67. The van der Waals surface area contributed by atoms with Crippen molar-refractivity contribution in [2.75, 3.05) is 18.0 Å². The Morgan fingerprint density at radius 3 is 2.46 bits per heavy atom. The van der Waals surface area contributed by atoms with Gasteiger partial charge in [-0.05, 0) is 45.4 Å². The van der Waals surface area contributed by atoms with Crippen molar-refractivity contribution in [2.24, 2.45) is 5.92 Å². The summed E-state index contributed by atoms with van der Waals surface area (Å²) in [5.41, 5.74) is 1.60. The van der Waals surface area contributed by atoms with Crippen molar-refractivity contribution >= 4 is 5.82 Å². The van der Waals surface area contributed by atoms with Gasteiger partial charge in [0.1, 0.15) is 0 Å². The SMILES string of the molecule is Cc1ncn(CC2CCN(c3nccn(C4CC4)c3=O)CC2)c(=O)c1C. The lowest BCUT2D eigenvalue weighted by atomic mass is 9.96. The molecule has 0 spiro atoms. The summed E-state index contributed by atoms with van der Waals surface area (Å²) >= 11 is 0. The largest absolute Gasteiger partial charge is 0.352 e.